The molecule has 0 N–H and O–H groups in total. The average molecular weight is 367 g/mol. The highest BCUT2D eigenvalue weighted by Crippen LogP contribution is 2.35. The van der Waals surface area contributed by atoms with Gasteiger partial charge in [-0.2, -0.15) is 0 Å². The number of rotatable bonds is 5. The van der Waals surface area contributed by atoms with Crippen molar-refractivity contribution in [2.24, 2.45) is 0 Å². The largest absolute Gasteiger partial charge is 0.466 e. The van der Waals surface area contributed by atoms with Crippen molar-refractivity contribution in [1.29, 1.82) is 0 Å². The Kier molecular flexibility index (Phi) is 5.16. The monoisotopic (exact) mass is 367 g/mol. The Balaban J connectivity index is 2.02. The first-order valence-electron chi connectivity index (χ1n) is 9.46. The topological polar surface area (TPSA) is 39.2 Å². The first-order valence-corrected chi connectivity index (χ1v) is 9.46. The summed E-state index contributed by atoms with van der Waals surface area (Å²) < 4.78 is 5.23. The molecule has 0 saturated heterocycles. The Hall–Kier alpha value is -3.46. The van der Waals surface area contributed by atoms with Crippen LogP contribution >= 0.6 is 0 Å². The van der Waals surface area contributed by atoms with Crippen LogP contribution in [0.15, 0.2) is 84.9 Å². The van der Waals surface area contributed by atoms with Crippen molar-refractivity contribution >= 4 is 16.7 Å². The van der Waals surface area contributed by atoms with Gasteiger partial charge in [0.05, 0.1) is 24.4 Å². The van der Waals surface area contributed by atoms with Gasteiger partial charge in [0.25, 0.3) is 0 Å². The van der Waals surface area contributed by atoms with E-state index >= 15 is 0 Å². The molecule has 0 unspecified atom stereocenters. The van der Waals surface area contributed by atoms with Crippen LogP contribution in [0.5, 0.6) is 0 Å². The number of pyridine rings is 1. The number of carbonyl (C=O) groups is 1. The molecule has 3 heteroatoms. The predicted molar refractivity (Wildman–Crippen MR) is 113 cm³/mol. The molecule has 28 heavy (non-hydrogen) atoms. The Morgan fingerprint density at radius 2 is 1.29 bits per heavy atom. The number of nitrogens with zero attached hydrogens (tertiary/aromatic N) is 1. The lowest BCUT2D eigenvalue weighted by molar-refractivity contribution is -0.142. The summed E-state index contributed by atoms with van der Waals surface area (Å²) in [5.41, 5.74) is 4.69. The Labute approximate surface area is 164 Å². The van der Waals surface area contributed by atoms with E-state index in [1.165, 1.54) is 0 Å². The van der Waals surface area contributed by atoms with Crippen LogP contribution in [-0.2, 0) is 16.0 Å². The molecule has 0 aliphatic rings. The summed E-state index contributed by atoms with van der Waals surface area (Å²) in [7, 11) is 0. The van der Waals surface area contributed by atoms with Crippen LogP contribution in [-0.4, -0.2) is 17.6 Å². The lowest BCUT2D eigenvalue weighted by Gasteiger charge is -2.16. The van der Waals surface area contributed by atoms with Gasteiger partial charge in [0.2, 0.25) is 0 Å². The number of aromatic nitrogens is 1. The number of hydrogen-bond donors (Lipinski definition) is 0. The number of hydrogen-bond acceptors (Lipinski definition) is 3. The fourth-order valence-electron chi connectivity index (χ4n) is 3.51. The van der Waals surface area contributed by atoms with Gasteiger partial charge >= 0.3 is 5.97 Å². The van der Waals surface area contributed by atoms with Gasteiger partial charge in [0.1, 0.15) is 0 Å². The van der Waals surface area contributed by atoms with E-state index in [9.17, 15) is 4.79 Å². The summed E-state index contributed by atoms with van der Waals surface area (Å²) >= 11 is 0. The van der Waals surface area contributed by atoms with Crippen LogP contribution in [0.3, 0.4) is 0 Å². The molecule has 0 radical (unpaired) electrons. The van der Waals surface area contributed by atoms with Crippen molar-refractivity contribution in [2.75, 3.05) is 6.61 Å². The maximum Gasteiger partial charge on any atom is 0.310 e. The standard InChI is InChI=1S/C25H21NO2/c1-2-28-23(27)17-22-20-15-9-10-16-21(20)24(18-11-5-3-6-12-18)26-25(22)19-13-7-4-8-14-19/h3-16H,2,17H2,1H3. The molecule has 0 atom stereocenters. The van der Waals surface area contributed by atoms with Gasteiger partial charge in [0, 0.05) is 16.5 Å². The summed E-state index contributed by atoms with van der Waals surface area (Å²) in [4.78, 5) is 17.4. The zero-order valence-electron chi connectivity index (χ0n) is 15.8. The average Bonchev–Trinajstić information content (AvgIpc) is 2.75. The summed E-state index contributed by atoms with van der Waals surface area (Å²) in [6.45, 7) is 2.19. The molecule has 0 spiro atoms. The maximum absolute atomic E-state index is 12.3. The van der Waals surface area contributed by atoms with Gasteiger partial charge in [-0.15, -0.1) is 0 Å². The first kappa shape index (κ1) is 17.9. The van der Waals surface area contributed by atoms with Crippen LogP contribution in [0.4, 0.5) is 0 Å². The van der Waals surface area contributed by atoms with Gasteiger partial charge in [-0.05, 0) is 17.9 Å². The molecule has 0 bridgehead atoms. The fraction of sp³-hybridized carbons (Fsp3) is 0.120. The molecule has 3 nitrogen and oxygen atoms in total. The first-order chi connectivity index (χ1) is 13.8. The van der Waals surface area contributed by atoms with Crippen LogP contribution in [0.2, 0.25) is 0 Å². The van der Waals surface area contributed by atoms with E-state index in [0.29, 0.717) is 6.61 Å². The highest BCUT2D eigenvalue weighted by atomic mass is 16.5. The summed E-state index contributed by atoms with van der Waals surface area (Å²) in [6, 6.07) is 28.3. The predicted octanol–water partition coefficient (Wildman–Crippen LogP) is 5.67. The van der Waals surface area contributed by atoms with E-state index in [2.05, 4.69) is 24.3 Å². The molecule has 138 valence electrons. The molecule has 4 rings (SSSR count). The van der Waals surface area contributed by atoms with Gasteiger partial charge in [0.15, 0.2) is 0 Å². The van der Waals surface area contributed by atoms with Gasteiger partial charge in [-0.25, -0.2) is 4.98 Å². The molecule has 3 aromatic carbocycles. The molecule has 0 aliphatic heterocycles. The second-order valence-electron chi connectivity index (χ2n) is 6.55. The lowest BCUT2D eigenvalue weighted by atomic mass is 9.94. The molecule has 0 fully saturated rings. The minimum atomic E-state index is -0.237. The van der Waals surface area contributed by atoms with E-state index in [4.69, 9.17) is 9.72 Å². The molecule has 0 aliphatic carbocycles. The smallest absolute Gasteiger partial charge is 0.310 e. The maximum atomic E-state index is 12.3. The van der Waals surface area contributed by atoms with Crippen LogP contribution in [0.1, 0.15) is 12.5 Å². The quantitative estimate of drug-likeness (QED) is 0.426. The van der Waals surface area contributed by atoms with Crippen LogP contribution < -0.4 is 0 Å². The Morgan fingerprint density at radius 3 is 1.89 bits per heavy atom. The van der Waals surface area contributed by atoms with E-state index in [-0.39, 0.29) is 12.4 Å². The second kappa shape index (κ2) is 8.05. The highest BCUT2D eigenvalue weighted by molar-refractivity contribution is 6.01. The summed E-state index contributed by atoms with van der Waals surface area (Å²) in [5.74, 6) is -0.237. The third kappa shape index (κ3) is 3.52. The van der Waals surface area contributed by atoms with Crippen molar-refractivity contribution < 1.29 is 9.53 Å². The highest BCUT2D eigenvalue weighted by Gasteiger charge is 2.19. The van der Waals surface area contributed by atoms with Crippen molar-refractivity contribution in [2.45, 2.75) is 13.3 Å². The SMILES string of the molecule is CCOC(=O)Cc1c(-c2ccccc2)nc(-c2ccccc2)c2ccccc12. The van der Waals surface area contributed by atoms with Gasteiger partial charge < -0.3 is 4.74 Å². The number of ether oxygens (including phenoxy) is 1. The fourth-order valence-corrected chi connectivity index (χ4v) is 3.51. The number of carbonyl (C=O) groups excluding carboxylic acids is 1. The van der Waals surface area contributed by atoms with E-state index in [0.717, 1.165) is 38.9 Å². The van der Waals surface area contributed by atoms with Crippen molar-refractivity contribution in [1.82, 2.24) is 4.98 Å². The third-order valence-electron chi connectivity index (χ3n) is 4.74. The van der Waals surface area contributed by atoms with E-state index in [1.54, 1.807) is 0 Å². The minimum absolute atomic E-state index is 0.195. The Morgan fingerprint density at radius 1 is 0.750 bits per heavy atom. The molecule has 0 saturated carbocycles. The second-order valence-corrected chi connectivity index (χ2v) is 6.55. The van der Waals surface area contributed by atoms with Crippen molar-refractivity contribution in [3.8, 4) is 22.5 Å². The van der Waals surface area contributed by atoms with Crippen molar-refractivity contribution in [3.63, 3.8) is 0 Å². The van der Waals surface area contributed by atoms with Crippen molar-refractivity contribution in [3.05, 3.63) is 90.5 Å². The molecule has 1 heterocycles. The summed E-state index contributed by atoms with van der Waals surface area (Å²) in [6.07, 6.45) is 0.195. The van der Waals surface area contributed by atoms with E-state index < -0.39 is 0 Å². The number of benzene rings is 3. The number of fused-ring (bicyclic) bond motifs is 1. The molecule has 4 aromatic rings. The van der Waals surface area contributed by atoms with Crippen LogP contribution in [0.25, 0.3) is 33.3 Å². The zero-order valence-corrected chi connectivity index (χ0v) is 15.8. The van der Waals surface area contributed by atoms with E-state index in [1.807, 2.05) is 67.6 Å². The Bertz CT molecular complexity index is 1110. The summed E-state index contributed by atoms with van der Waals surface area (Å²) in [5, 5.41) is 2.07. The minimum Gasteiger partial charge on any atom is -0.466 e. The molecular formula is C25H21NO2. The van der Waals surface area contributed by atoms with Gasteiger partial charge in [-0.1, -0.05) is 84.9 Å². The number of esters is 1. The lowest BCUT2D eigenvalue weighted by Crippen LogP contribution is -2.10. The molecular weight excluding hydrogens is 346 g/mol. The molecule has 1 aromatic heterocycles. The normalized spacial score (nSPS) is 10.8. The third-order valence-corrected chi connectivity index (χ3v) is 4.74. The molecule has 0 amide bonds. The zero-order chi connectivity index (χ0) is 19.3. The van der Waals surface area contributed by atoms with Gasteiger partial charge in [-0.3, -0.25) is 4.79 Å². The van der Waals surface area contributed by atoms with Crippen LogP contribution in [0, 0.1) is 0 Å².